The average molecular weight is 332 g/mol. The van der Waals surface area contributed by atoms with Crippen LogP contribution in [0.3, 0.4) is 0 Å². The molecule has 0 spiro atoms. The van der Waals surface area contributed by atoms with Crippen molar-refractivity contribution >= 4 is 23.2 Å². The first kappa shape index (κ1) is 17.4. The van der Waals surface area contributed by atoms with Crippen molar-refractivity contribution in [2.75, 3.05) is 11.9 Å². The van der Waals surface area contributed by atoms with Gasteiger partial charge in [-0.3, -0.25) is 4.79 Å². The van der Waals surface area contributed by atoms with Crippen LogP contribution in [0.2, 0.25) is 5.02 Å². The molecule has 0 aliphatic rings. The van der Waals surface area contributed by atoms with Crippen LogP contribution in [-0.2, 0) is 10.2 Å². The lowest BCUT2D eigenvalue weighted by Gasteiger charge is -2.22. The van der Waals surface area contributed by atoms with E-state index in [4.69, 9.17) is 16.3 Å². The van der Waals surface area contributed by atoms with Gasteiger partial charge in [-0.05, 0) is 47.7 Å². The highest BCUT2D eigenvalue weighted by Crippen LogP contribution is 2.30. The van der Waals surface area contributed by atoms with Crippen molar-refractivity contribution < 1.29 is 9.53 Å². The van der Waals surface area contributed by atoms with Crippen LogP contribution in [0.25, 0.3) is 0 Å². The minimum atomic E-state index is -0.195. The number of nitrogens with one attached hydrogen (secondary N) is 1. The predicted octanol–water partition coefficient (Wildman–Crippen LogP) is 4.96. The molecule has 0 radical (unpaired) electrons. The lowest BCUT2D eigenvalue weighted by molar-refractivity contribution is -0.118. The fourth-order valence-corrected chi connectivity index (χ4v) is 2.54. The van der Waals surface area contributed by atoms with Gasteiger partial charge in [0.05, 0.1) is 0 Å². The molecule has 1 amide bonds. The molecule has 0 atom stereocenters. The molecule has 2 aromatic rings. The van der Waals surface area contributed by atoms with Gasteiger partial charge in [-0.1, -0.05) is 50.6 Å². The molecular formula is C19H22ClNO2. The predicted molar refractivity (Wildman–Crippen MR) is 95.5 cm³/mol. The van der Waals surface area contributed by atoms with E-state index in [2.05, 4.69) is 26.1 Å². The van der Waals surface area contributed by atoms with Crippen LogP contribution < -0.4 is 10.1 Å². The Bertz CT molecular complexity index is 705. The van der Waals surface area contributed by atoms with Gasteiger partial charge in [0.2, 0.25) is 0 Å². The Morgan fingerprint density at radius 3 is 2.52 bits per heavy atom. The summed E-state index contributed by atoms with van der Waals surface area (Å²) in [7, 11) is 0. The Morgan fingerprint density at radius 1 is 1.17 bits per heavy atom. The second-order valence-electron chi connectivity index (χ2n) is 6.54. The summed E-state index contributed by atoms with van der Waals surface area (Å²) in [5.74, 6) is 0.544. The van der Waals surface area contributed by atoms with Crippen LogP contribution in [0.15, 0.2) is 42.5 Å². The van der Waals surface area contributed by atoms with Crippen molar-refractivity contribution in [1.82, 2.24) is 0 Å². The molecule has 0 fully saturated rings. The van der Waals surface area contributed by atoms with Crippen LogP contribution in [0.4, 0.5) is 5.69 Å². The number of halogens is 1. The first-order valence-corrected chi connectivity index (χ1v) is 7.93. The van der Waals surface area contributed by atoms with Crippen molar-refractivity contribution in [2.45, 2.75) is 33.1 Å². The maximum Gasteiger partial charge on any atom is 0.262 e. The van der Waals surface area contributed by atoms with Crippen molar-refractivity contribution in [3.05, 3.63) is 58.6 Å². The molecule has 0 saturated carbocycles. The zero-order valence-corrected chi connectivity index (χ0v) is 14.7. The van der Waals surface area contributed by atoms with Gasteiger partial charge < -0.3 is 10.1 Å². The molecule has 0 bridgehead atoms. The second kappa shape index (κ2) is 7.05. The van der Waals surface area contributed by atoms with Crippen LogP contribution in [0.1, 0.15) is 31.9 Å². The third kappa shape index (κ3) is 4.73. The number of para-hydroxylation sites is 1. The summed E-state index contributed by atoms with van der Waals surface area (Å²) in [4.78, 5) is 12.1. The van der Waals surface area contributed by atoms with Gasteiger partial charge in [0.25, 0.3) is 5.91 Å². The third-order valence-corrected chi connectivity index (χ3v) is 3.75. The molecule has 0 saturated heterocycles. The Balaban J connectivity index is 2.03. The minimum Gasteiger partial charge on any atom is -0.483 e. The van der Waals surface area contributed by atoms with Gasteiger partial charge >= 0.3 is 0 Å². The molecule has 23 heavy (non-hydrogen) atoms. The monoisotopic (exact) mass is 331 g/mol. The highest BCUT2D eigenvalue weighted by atomic mass is 35.5. The average Bonchev–Trinajstić information content (AvgIpc) is 2.47. The van der Waals surface area contributed by atoms with Gasteiger partial charge in [0.15, 0.2) is 6.61 Å². The standard InChI is InChI=1S/C19H22ClNO2/c1-13-11-14(20)9-10-16(13)21-18(22)12-23-17-8-6-5-7-15(17)19(2,3)4/h5-11H,12H2,1-4H3,(H,21,22). The molecule has 1 N–H and O–H groups in total. The number of benzene rings is 2. The molecule has 0 heterocycles. The maximum atomic E-state index is 12.1. The van der Waals surface area contributed by atoms with E-state index in [9.17, 15) is 4.79 Å². The summed E-state index contributed by atoms with van der Waals surface area (Å²) >= 11 is 5.92. The van der Waals surface area contributed by atoms with E-state index in [0.717, 1.165) is 22.6 Å². The molecule has 0 aliphatic carbocycles. The minimum absolute atomic E-state index is 0.0326. The summed E-state index contributed by atoms with van der Waals surface area (Å²) in [6.45, 7) is 8.22. The fourth-order valence-electron chi connectivity index (χ4n) is 2.31. The van der Waals surface area contributed by atoms with Gasteiger partial charge in [0, 0.05) is 10.7 Å². The van der Waals surface area contributed by atoms with Gasteiger partial charge in [-0.25, -0.2) is 0 Å². The van der Waals surface area contributed by atoms with E-state index >= 15 is 0 Å². The number of carbonyl (C=O) groups is 1. The molecule has 4 heteroatoms. The highest BCUT2D eigenvalue weighted by molar-refractivity contribution is 6.30. The van der Waals surface area contributed by atoms with E-state index in [1.807, 2.05) is 37.3 Å². The molecule has 122 valence electrons. The summed E-state index contributed by atoms with van der Waals surface area (Å²) in [5, 5.41) is 3.49. The van der Waals surface area contributed by atoms with Crippen molar-refractivity contribution in [2.24, 2.45) is 0 Å². The molecular weight excluding hydrogens is 310 g/mol. The van der Waals surface area contributed by atoms with E-state index in [-0.39, 0.29) is 17.9 Å². The summed E-state index contributed by atoms with van der Waals surface area (Å²) in [6, 6.07) is 13.2. The van der Waals surface area contributed by atoms with E-state index in [1.54, 1.807) is 12.1 Å². The molecule has 0 aromatic heterocycles. The molecule has 3 nitrogen and oxygen atoms in total. The molecule has 2 rings (SSSR count). The smallest absolute Gasteiger partial charge is 0.262 e. The summed E-state index contributed by atoms with van der Waals surface area (Å²) < 4.78 is 5.72. The molecule has 0 aliphatic heterocycles. The van der Waals surface area contributed by atoms with E-state index in [0.29, 0.717) is 5.02 Å². The van der Waals surface area contributed by atoms with Crippen LogP contribution in [-0.4, -0.2) is 12.5 Å². The molecule has 0 unspecified atom stereocenters. The zero-order chi connectivity index (χ0) is 17.0. The van der Waals surface area contributed by atoms with Crippen LogP contribution >= 0.6 is 11.6 Å². The normalized spacial score (nSPS) is 11.2. The van der Waals surface area contributed by atoms with Crippen molar-refractivity contribution in [1.29, 1.82) is 0 Å². The largest absolute Gasteiger partial charge is 0.483 e. The maximum absolute atomic E-state index is 12.1. The van der Waals surface area contributed by atoms with E-state index < -0.39 is 0 Å². The van der Waals surface area contributed by atoms with Crippen molar-refractivity contribution in [3.63, 3.8) is 0 Å². The SMILES string of the molecule is Cc1cc(Cl)ccc1NC(=O)COc1ccccc1C(C)(C)C. The first-order chi connectivity index (χ1) is 10.8. The van der Waals surface area contributed by atoms with E-state index in [1.165, 1.54) is 0 Å². The lowest BCUT2D eigenvalue weighted by Crippen LogP contribution is -2.22. The van der Waals surface area contributed by atoms with Crippen LogP contribution in [0, 0.1) is 6.92 Å². The highest BCUT2D eigenvalue weighted by Gasteiger charge is 2.19. The molecule has 2 aromatic carbocycles. The Kier molecular flexibility index (Phi) is 5.32. The summed E-state index contributed by atoms with van der Waals surface area (Å²) in [5.41, 5.74) is 2.70. The second-order valence-corrected chi connectivity index (χ2v) is 6.98. The number of hydrogen-bond donors (Lipinski definition) is 1. The number of aryl methyl sites for hydroxylation is 1. The third-order valence-electron chi connectivity index (χ3n) is 3.52. The first-order valence-electron chi connectivity index (χ1n) is 7.55. The number of hydrogen-bond acceptors (Lipinski definition) is 2. The zero-order valence-electron chi connectivity index (χ0n) is 13.9. The van der Waals surface area contributed by atoms with Gasteiger partial charge in [-0.2, -0.15) is 0 Å². The fraction of sp³-hybridized carbons (Fsp3) is 0.316. The van der Waals surface area contributed by atoms with Gasteiger partial charge in [0.1, 0.15) is 5.75 Å². The topological polar surface area (TPSA) is 38.3 Å². The number of amides is 1. The Morgan fingerprint density at radius 2 is 1.87 bits per heavy atom. The number of anilines is 1. The summed E-state index contributed by atoms with van der Waals surface area (Å²) in [6.07, 6.45) is 0. The van der Waals surface area contributed by atoms with Gasteiger partial charge in [-0.15, -0.1) is 0 Å². The number of rotatable bonds is 4. The lowest BCUT2D eigenvalue weighted by atomic mass is 9.86. The number of carbonyl (C=O) groups excluding carboxylic acids is 1. The Hall–Kier alpha value is -2.00. The Labute approximate surface area is 142 Å². The van der Waals surface area contributed by atoms with Crippen molar-refractivity contribution in [3.8, 4) is 5.75 Å². The quantitative estimate of drug-likeness (QED) is 0.859. The van der Waals surface area contributed by atoms with Crippen LogP contribution in [0.5, 0.6) is 5.75 Å². The number of ether oxygens (including phenoxy) is 1.